The van der Waals surface area contributed by atoms with Crippen molar-refractivity contribution in [2.75, 3.05) is 7.11 Å². The van der Waals surface area contributed by atoms with Gasteiger partial charge in [-0.3, -0.25) is 0 Å². The quantitative estimate of drug-likeness (QED) is 0.842. The summed E-state index contributed by atoms with van der Waals surface area (Å²) in [5.74, 6) is 1.43. The predicted molar refractivity (Wildman–Crippen MR) is 67.9 cm³/mol. The lowest BCUT2D eigenvalue weighted by molar-refractivity contribution is 0.412. The van der Waals surface area contributed by atoms with Gasteiger partial charge >= 0.3 is 0 Å². The smallest absolute Gasteiger partial charge is 0.280 e. The average molecular weight is 321 g/mol. The van der Waals surface area contributed by atoms with Gasteiger partial charge in [0.05, 0.1) is 11.6 Å². The Labute approximate surface area is 110 Å². The van der Waals surface area contributed by atoms with E-state index < -0.39 is 0 Å². The van der Waals surface area contributed by atoms with Crippen LogP contribution in [0.4, 0.5) is 0 Å². The van der Waals surface area contributed by atoms with Gasteiger partial charge in [-0.15, -0.1) is 0 Å². The van der Waals surface area contributed by atoms with E-state index in [9.17, 15) is 0 Å². The van der Waals surface area contributed by atoms with Crippen LogP contribution < -0.4 is 9.47 Å². The Morgan fingerprint density at radius 1 is 1.44 bits per heavy atom. The van der Waals surface area contributed by atoms with Crippen LogP contribution in [-0.4, -0.2) is 12.1 Å². The summed E-state index contributed by atoms with van der Waals surface area (Å²) in [6, 6.07) is 5.44. The molecule has 0 N–H and O–H groups in total. The maximum atomic E-state index is 5.70. The van der Waals surface area contributed by atoms with Crippen LogP contribution in [-0.2, 0) is 0 Å². The molecule has 3 nitrogen and oxygen atoms in total. The van der Waals surface area contributed by atoms with Crippen molar-refractivity contribution in [1.82, 2.24) is 4.98 Å². The highest BCUT2D eigenvalue weighted by molar-refractivity contribution is 9.10. The summed E-state index contributed by atoms with van der Waals surface area (Å²) in [4.78, 5) is 4.00. The second-order valence-corrected chi connectivity index (χ2v) is 4.90. The zero-order valence-electron chi connectivity index (χ0n) is 8.24. The van der Waals surface area contributed by atoms with Crippen molar-refractivity contribution in [3.8, 4) is 16.7 Å². The molecule has 1 aromatic heterocycles. The van der Waals surface area contributed by atoms with Gasteiger partial charge in [0.2, 0.25) is 0 Å². The summed E-state index contributed by atoms with van der Waals surface area (Å²) < 4.78 is 11.4. The van der Waals surface area contributed by atoms with E-state index in [0.717, 1.165) is 10.2 Å². The van der Waals surface area contributed by atoms with Gasteiger partial charge in [0, 0.05) is 5.38 Å². The van der Waals surface area contributed by atoms with Gasteiger partial charge in [-0.1, -0.05) is 22.9 Å². The number of thiazole rings is 1. The summed E-state index contributed by atoms with van der Waals surface area (Å²) in [7, 11) is 1.61. The van der Waals surface area contributed by atoms with E-state index in [1.165, 1.54) is 11.3 Å². The molecular formula is C10H7BrClNO2S. The molecule has 0 saturated carbocycles. The molecule has 1 heterocycles. The van der Waals surface area contributed by atoms with Crippen molar-refractivity contribution >= 4 is 38.9 Å². The van der Waals surface area contributed by atoms with Gasteiger partial charge in [0.15, 0.2) is 0 Å². The van der Waals surface area contributed by atoms with Crippen molar-refractivity contribution in [3.63, 3.8) is 0 Å². The second-order valence-electron chi connectivity index (χ2n) is 2.83. The van der Waals surface area contributed by atoms with Gasteiger partial charge < -0.3 is 9.47 Å². The Bertz CT molecular complexity index is 503. The Balaban J connectivity index is 2.21. The zero-order valence-corrected chi connectivity index (χ0v) is 11.4. The maximum absolute atomic E-state index is 5.70. The van der Waals surface area contributed by atoms with Crippen LogP contribution in [0.3, 0.4) is 0 Å². The van der Waals surface area contributed by atoms with Gasteiger partial charge in [0.1, 0.15) is 16.7 Å². The van der Waals surface area contributed by atoms with Crippen molar-refractivity contribution in [2.24, 2.45) is 0 Å². The molecule has 0 fully saturated rings. The molecule has 0 amide bonds. The van der Waals surface area contributed by atoms with E-state index >= 15 is 0 Å². The van der Waals surface area contributed by atoms with Crippen molar-refractivity contribution in [2.45, 2.75) is 0 Å². The Morgan fingerprint density at radius 2 is 2.25 bits per heavy atom. The van der Waals surface area contributed by atoms with Crippen LogP contribution >= 0.6 is 38.9 Å². The summed E-state index contributed by atoms with van der Waals surface area (Å²) >= 11 is 10.4. The largest absolute Gasteiger partial charge is 0.497 e. The number of hydrogen-bond donors (Lipinski definition) is 0. The summed E-state index contributed by atoms with van der Waals surface area (Å²) in [5.41, 5.74) is 0. The molecule has 0 atom stereocenters. The zero-order chi connectivity index (χ0) is 11.5. The molecule has 0 radical (unpaired) electrons. The molecule has 1 aromatic carbocycles. The molecule has 84 valence electrons. The van der Waals surface area contributed by atoms with Gasteiger partial charge in [-0.25, -0.2) is 0 Å². The third-order valence-electron chi connectivity index (χ3n) is 1.79. The topological polar surface area (TPSA) is 31.4 Å². The fourth-order valence-electron chi connectivity index (χ4n) is 1.07. The number of aromatic nitrogens is 1. The molecule has 0 bridgehead atoms. The van der Waals surface area contributed by atoms with E-state index in [0.29, 0.717) is 16.1 Å². The lowest BCUT2D eigenvalue weighted by Gasteiger charge is -2.06. The first-order valence-corrected chi connectivity index (χ1v) is 6.36. The van der Waals surface area contributed by atoms with E-state index in [4.69, 9.17) is 21.1 Å². The molecule has 16 heavy (non-hydrogen) atoms. The minimum atomic E-state index is 0.435. The number of rotatable bonds is 3. The van der Waals surface area contributed by atoms with Gasteiger partial charge in [-0.05, 0) is 34.1 Å². The number of halogens is 2. The van der Waals surface area contributed by atoms with Crippen LogP contribution in [0.25, 0.3) is 0 Å². The lowest BCUT2D eigenvalue weighted by atomic mass is 10.3. The van der Waals surface area contributed by atoms with Gasteiger partial charge in [-0.2, -0.15) is 4.98 Å². The fourth-order valence-corrected chi connectivity index (χ4v) is 2.31. The molecule has 0 aliphatic carbocycles. The van der Waals surface area contributed by atoms with Crippen molar-refractivity contribution in [3.05, 3.63) is 33.2 Å². The molecule has 2 rings (SSSR count). The highest BCUT2D eigenvalue weighted by Crippen LogP contribution is 2.34. The monoisotopic (exact) mass is 319 g/mol. The second kappa shape index (κ2) is 5.03. The molecule has 0 spiro atoms. The van der Waals surface area contributed by atoms with Crippen LogP contribution in [0.5, 0.6) is 16.7 Å². The molecule has 6 heteroatoms. The van der Waals surface area contributed by atoms with Crippen LogP contribution in [0.2, 0.25) is 5.15 Å². The third-order valence-corrected chi connectivity index (χ3v) is 3.45. The lowest BCUT2D eigenvalue weighted by Crippen LogP contribution is -1.87. The van der Waals surface area contributed by atoms with Crippen molar-refractivity contribution < 1.29 is 9.47 Å². The minimum Gasteiger partial charge on any atom is -0.497 e. The summed E-state index contributed by atoms with van der Waals surface area (Å²) in [5, 5.41) is 2.66. The Morgan fingerprint density at radius 3 is 2.81 bits per heavy atom. The Kier molecular flexibility index (Phi) is 3.68. The third kappa shape index (κ3) is 2.66. The highest BCUT2D eigenvalue weighted by atomic mass is 79.9. The average Bonchev–Trinajstić information content (AvgIpc) is 2.67. The summed E-state index contributed by atoms with van der Waals surface area (Å²) in [6.07, 6.45) is 0. The number of hydrogen-bond acceptors (Lipinski definition) is 4. The number of methoxy groups -OCH3 is 1. The maximum Gasteiger partial charge on any atom is 0.280 e. The van der Waals surface area contributed by atoms with Crippen LogP contribution in [0, 0.1) is 0 Å². The Hall–Kier alpha value is -0.780. The van der Waals surface area contributed by atoms with Gasteiger partial charge in [0.25, 0.3) is 5.19 Å². The van der Waals surface area contributed by atoms with Crippen LogP contribution in [0.1, 0.15) is 0 Å². The molecular weight excluding hydrogens is 314 g/mol. The molecule has 0 aliphatic heterocycles. The molecule has 0 unspecified atom stereocenters. The standard InChI is InChI=1S/C10H7BrClNO2S/c1-14-6-2-3-8(7(11)4-6)15-10-13-9(12)5-16-10/h2-5H,1H3. The predicted octanol–water partition coefficient (Wildman–Crippen LogP) is 4.36. The first-order valence-electron chi connectivity index (χ1n) is 4.31. The molecule has 0 aliphatic rings. The first-order chi connectivity index (χ1) is 7.69. The number of benzene rings is 1. The van der Waals surface area contributed by atoms with Crippen molar-refractivity contribution in [1.29, 1.82) is 0 Å². The van der Waals surface area contributed by atoms with E-state index in [1.807, 2.05) is 12.1 Å². The van der Waals surface area contributed by atoms with E-state index in [-0.39, 0.29) is 0 Å². The first kappa shape index (κ1) is 11.7. The number of nitrogens with zero attached hydrogens (tertiary/aromatic N) is 1. The fraction of sp³-hybridized carbons (Fsp3) is 0.100. The van der Waals surface area contributed by atoms with E-state index in [2.05, 4.69) is 20.9 Å². The van der Waals surface area contributed by atoms with E-state index in [1.54, 1.807) is 18.6 Å². The SMILES string of the molecule is COc1ccc(Oc2nc(Cl)cs2)c(Br)c1. The molecule has 2 aromatic rings. The number of ether oxygens (including phenoxy) is 2. The highest BCUT2D eigenvalue weighted by Gasteiger charge is 2.07. The molecule has 0 saturated heterocycles. The van der Waals surface area contributed by atoms with Crippen LogP contribution in [0.15, 0.2) is 28.1 Å². The summed E-state index contributed by atoms with van der Waals surface area (Å²) in [6.45, 7) is 0. The normalized spacial score (nSPS) is 10.2. The minimum absolute atomic E-state index is 0.435.